The summed E-state index contributed by atoms with van der Waals surface area (Å²) in [6, 6.07) is 12.0. The minimum Gasteiger partial charge on any atom is -0.496 e. The number of methoxy groups -OCH3 is 1. The zero-order valence-corrected chi connectivity index (χ0v) is 15.2. The number of benzene rings is 2. The van der Waals surface area contributed by atoms with Gasteiger partial charge in [0.1, 0.15) is 17.6 Å². The van der Waals surface area contributed by atoms with E-state index in [1.54, 1.807) is 13.2 Å². The van der Waals surface area contributed by atoms with Crippen LogP contribution in [0.2, 0.25) is 0 Å². The number of imidazole rings is 1. The van der Waals surface area contributed by atoms with E-state index < -0.39 is 0 Å². The lowest BCUT2D eigenvalue weighted by Crippen LogP contribution is -1.89. The minimum atomic E-state index is 0.456. The van der Waals surface area contributed by atoms with Crippen molar-refractivity contribution in [3.05, 3.63) is 57.3 Å². The van der Waals surface area contributed by atoms with Crippen LogP contribution in [0.3, 0.4) is 0 Å². The number of allylic oxidation sites excluding steroid dienone is 1. The van der Waals surface area contributed by atoms with Crippen molar-refractivity contribution >= 4 is 38.6 Å². The van der Waals surface area contributed by atoms with Crippen molar-refractivity contribution in [1.29, 1.82) is 5.26 Å². The van der Waals surface area contributed by atoms with Gasteiger partial charge in [-0.25, -0.2) is 4.98 Å². The number of hydrogen-bond donors (Lipinski definition) is 1. The van der Waals surface area contributed by atoms with Gasteiger partial charge in [-0.1, -0.05) is 15.9 Å². The van der Waals surface area contributed by atoms with E-state index in [1.807, 2.05) is 24.3 Å². The maximum Gasteiger partial charge on any atom is 0.149 e. The first-order valence-corrected chi connectivity index (χ1v) is 8.24. The van der Waals surface area contributed by atoms with Gasteiger partial charge in [0.25, 0.3) is 0 Å². The van der Waals surface area contributed by atoms with Crippen LogP contribution in [-0.4, -0.2) is 17.1 Å². The van der Waals surface area contributed by atoms with Crippen LogP contribution in [0.15, 0.2) is 34.8 Å². The van der Waals surface area contributed by atoms with Gasteiger partial charge in [0.05, 0.1) is 23.7 Å². The molecule has 1 N–H and O–H groups in total. The van der Waals surface area contributed by atoms with Gasteiger partial charge in [-0.2, -0.15) is 5.26 Å². The molecule has 0 saturated heterocycles. The first-order chi connectivity index (χ1) is 11.5. The lowest BCUT2D eigenvalue weighted by molar-refractivity contribution is 0.414. The number of rotatable bonds is 3. The Hall–Kier alpha value is -2.58. The van der Waals surface area contributed by atoms with Crippen molar-refractivity contribution < 1.29 is 4.74 Å². The van der Waals surface area contributed by atoms with Gasteiger partial charge in [0, 0.05) is 10.0 Å². The van der Waals surface area contributed by atoms with E-state index in [4.69, 9.17) is 4.74 Å². The topological polar surface area (TPSA) is 61.7 Å². The Kier molecular flexibility index (Phi) is 4.41. The number of aromatic nitrogens is 2. The summed E-state index contributed by atoms with van der Waals surface area (Å²) >= 11 is 3.45. The molecule has 120 valence electrons. The first-order valence-electron chi connectivity index (χ1n) is 7.44. The summed E-state index contributed by atoms with van der Waals surface area (Å²) in [6.45, 7) is 4.11. The fourth-order valence-corrected chi connectivity index (χ4v) is 2.90. The number of hydrogen-bond acceptors (Lipinski definition) is 3. The van der Waals surface area contributed by atoms with Crippen molar-refractivity contribution in [2.45, 2.75) is 13.8 Å². The second-order valence-electron chi connectivity index (χ2n) is 5.60. The third-order valence-electron chi connectivity index (χ3n) is 3.96. The van der Waals surface area contributed by atoms with Crippen LogP contribution >= 0.6 is 15.9 Å². The molecule has 0 aliphatic heterocycles. The van der Waals surface area contributed by atoms with Gasteiger partial charge < -0.3 is 9.72 Å². The molecule has 1 heterocycles. The molecule has 0 unspecified atom stereocenters. The standard InChI is InChI=1S/C19H16BrN3O/c1-11-6-16-17(7-12(11)2)23-19(22-16)14(10-21)8-13-9-15(20)4-5-18(13)24-3/h4-9H,1-3H3,(H,22,23)/b14-8-. The third kappa shape index (κ3) is 3.06. The molecule has 0 saturated carbocycles. The van der Waals surface area contributed by atoms with Gasteiger partial charge in [-0.3, -0.25) is 0 Å². The summed E-state index contributed by atoms with van der Waals surface area (Å²) in [6.07, 6.45) is 1.78. The van der Waals surface area contributed by atoms with Crippen LogP contribution < -0.4 is 4.74 Å². The summed E-state index contributed by atoms with van der Waals surface area (Å²) in [4.78, 5) is 7.79. The summed E-state index contributed by atoms with van der Waals surface area (Å²) in [5.74, 6) is 1.26. The molecular formula is C19H16BrN3O. The first kappa shape index (κ1) is 16.3. The van der Waals surface area contributed by atoms with Gasteiger partial charge in [0.15, 0.2) is 0 Å². The Morgan fingerprint density at radius 2 is 2.00 bits per heavy atom. The second-order valence-corrected chi connectivity index (χ2v) is 6.51. The lowest BCUT2D eigenvalue weighted by Gasteiger charge is -2.05. The number of ether oxygens (including phenoxy) is 1. The molecule has 0 radical (unpaired) electrons. The average Bonchev–Trinajstić information content (AvgIpc) is 2.95. The molecule has 3 aromatic rings. The Balaban J connectivity index is 2.13. The Morgan fingerprint density at radius 3 is 2.71 bits per heavy atom. The van der Waals surface area contributed by atoms with Gasteiger partial charge in [-0.05, 0) is 61.4 Å². The largest absolute Gasteiger partial charge is 0.496 e. The molecule has 0 amide bonds. The average molecular weight is 382 g/mol. The molecular weight excluding hydrogens is 366 g/mol. The number of H-pyrrole nitrogens is 1. The van der Waals surface area contributed by atoms with E-state index in [2.05, 4.69) is 51.9 Å². The van der Waals surface area contributed by atoms with Crippen molar-refractivity contribution in [1.82, 2.24) is 9.97 Å². The van der Waals surface area contributed by atoms with Crippen LogP contribution in [0, 0.1) is 25.2 Å². The van der Waals surface area contributed by atoms with Gasteiger partial charge >= 0.3 is 0 Å². The zero-order valence-electron chi connectivity index (χ0n) is 13.6. The third-order valence-corrected chi connectivity index (χ3v) is 4.46. The van der Waals surface area contributed by atoms with Crippen LogP contribution in [0.5, 0.6) is 5.75 Å². The highest BCUT2D eigenvalue weighted by atomic mass is 79.9. The molecule has 0 atom stereocenters. The minimum absolute atomic E-state index is 0.456. The van der Waals surface area contributed by atoms with Crippen LogP contribution in [0.4, 0.5) is 0 Å². The Morgan fingerprint density at radius 1 is 1.25 bits per heavy atom. The maximum absolute atomic E-state index is 9.58. The number of aromatic amines is 1. The number of nitriles is 1. The molecule has 5 heteroatoms. The molecule has 3 rings (SSSR count). The summed E-state index contributed by atoms with van der Waals surface area (Å²) in [5.41, 5.74) is 5.42. The van der Waals surface area contributed by atoms with E-state index >= 15 is 0 Å². The fraction of sp³-hybridized carbons (Fsp3) is 0.158. The molecule has 0 fully saturated rings. The van der Waals surface area contributed by atoms with Gasteiger partial charge in [-0.15, -0.1) is 0 Å². The molecule has 0 aliphatic rings. The van der Waals surface area contributed by atoms with Crippen molar-refractivity contribution in [3.8, 4) is 11.8 Å². The second kappa shape index (κ2) is 6.50. The number of aryl methyl sites for hydroxylation is 2. The normalized spacial score (nSPS) is 11.5. The molecule has 0 aliphatic carbocycles. The highest BCUT2D eigenvalue weighted by Crippen LogP contribution is 2.28. The number of nitrogens with zero attached hydrogens (tertiary/aromatic N) is 2. The van der Waals surface area contributed by atoms with E-state index in [0.29, 0.717) is 17.1 Å². The predicted octanol–water partition coefficient (Wildman–Crippen LogP) is 5.02. The summed E-state index contributed by atoms with van der Waals surface area (Å²) in [5, 5.41) is 9.58. The number of halogens is 1. The van der Waals surface area contributed by atoms with Crippen LogP contribution in [0.1, 0.15) is 22.5 Å². The van der Waals surface area contributed by atoms with Crippen LogP contribution in [0.25, 0.3) is 22.7 Å². The molecule has 2 aromatic carbocycles. The number of nitrogens with one attached hydrogen (secondary N) is 1. The predicted molar refractivity (Wildman–Crippen MR) is 99.7 cm³/mol. The highest BCUT2D eigenvalue weighted by Gasteiger charge is 2.11. The van der Waals surface area contributed by atoms with E-state index in [1.165, 1.54) is 11.1 Å². The van der Waals surface area contributed by atoms with E-state index in [-0.39, 0.29) is 0 Å². The van der Waals surface area contributed by atoms with Crippen molar-refractivity contribution in [3.63, 3.8) is 0 Å². The summed E-state index contributed by atoms with van der Waals surface area (Å²) < 4.78 is 6.29. The lowest BCUT2D eigenvalue weighted by atomic mass is 10.1. The summed E-state index contributed by atoms with van der Waals surface area (Å²) in [7, 11) is 1.61. The van der Waals surface area contributed by atoms with E-state index in [0.717, 1.165) is 21.1 Å². The molecule has 1 aromatic heterocycles. The van der Waals surface area contributed by atoms with Crippen molar-refractivity contribution in [2.75, 3.05) is 7.11 Å². The van der Waals surface area contributed by atoms with Crippen LogP contribution in [-0.2, 0) is 0 Å². The fourth-order valence-electron chi connectivity index (χ4n) is 2.52. The van der Waals surface area contributed by atoms with E-state index in [9.17, 15) is 5.26 Å². The molecule has 24 heavy (non-hydrogen) atoms. The molecule has 0 spiro atoms. The number of fused-ring (bicyclic) bond motifs is 1. The quantitative estimate of drug-likeness (QED) is 0.648. The SMILES string of the molecule is COc1ccc(Br)cc1/C=C(/C#N)c1nc2cc(C)c(C)cc2[nH]1. The zero-order chi connectivity index (χ0) is 17.3. The highest BCUT2D eigenvalue weighted by molar-refractivity contribution is 9.10. The molecule has 0 bridgehead atoms. The maximum atomic E-state index is 9.58. The van der Waals surface area contributed by atoms with Crippen molar-refractivity contribution in [2.24, 2.45) is 0 Å². The Labute approximate surface area is 148 Å². The van der Waals surface area contributed by atoms with Gasteiger partial charge in [0.2, 0.25) is 0 Å². The molecule has 4 nitrogen and oxygen atoms in total. The monoisotopic (exact) mass is 381 g/mol. The Bertz CT molecular complexity index is 957. The smallest absolute Gasteiger partial charge is 0.149 e.